The summed E-state index contributed by atoms with van der Waals surface area (Å²) in [4.78, 5) is 29.2. The maximum atomic E-state index is 12.4. The summed E-state index contributed by atoms with van der Waals surface area (Å²) in [5, 5.41) is 5.17. The molecule has 7 nitrogen and oxygen atoms in total. The van der Waals surface area contributed by atoms with Gasteiger partial charge in [-0.15, -0.1) is 11.3 Å². The van der Waals surface area contributed by atoms with Gasteiger partial charge in [-0.1, -0.05) is 0 Å². The Morgan fingerprint density at radius 3 is 2.83 bits per heavy atom. The summed E-state index contributed by atoms with van der Waals surface area (Å²) in [6.07, 6.45) is 4.83. The Hall–Kier alpha value is -2.06. The van der Waals surface area contributed by atoms with Crippen molar-refractivity contribution >= 4 is 23.2 Å². The van der Waals surface area contributed by atoms with Crippen molar-refractivity contribution in [2.75, 3.05) is 38.0 Å². The quantitative estimate of drug-likeness (QED) is 0.854. The minimum Gasteiger partial charge on any atom is -0.354 e. The molecule has 128 valence electrons. The average Bonchev–Trinajstić information content (AvgIpc) is 3.00. The molecule has 0 unspecified atom stereocenters. The Labute approximate surface area is 145 Å². The van der Waals surface area contributed by atoms with E-state index in [-0.39, 0.29) is 5.91 Å². The highest BCUT2D eigenvalue weighted by atomic mass is 32.1. The minimum atomic E-state index is 0.189. The second-order valence-corrected chi connectivity index (χ2v) is 6.46. The zero-order valence-electron chi connectivity index (χ0n) is 13.6. The van der Waals surface area contributed by atoms with Crippen molar-refractivity contribution in [3.8, 4) is 0 Å². The molecule has 24 heavy (non-hydrogen) atoms. The zero-order chi connectivity index (χ0) is 16.6. The minimum absolute atomic E-state index is 0.189. The molecule has 2 aromatic heterocycles. The van der Waals surface area contributed by atoms with Crippen molar-refractivity contribution in [2.24, 2.45) is 0 Å². The molecule has 1 amide bonds. The van der Waals surface area contributed by atoms with E-state index in [1.165, 1.54) is 0 Å². The van der Waals surface area contributed by atoms with E-state index in [0.717, 1.165) is 44.8 Å². The van der Waals surface area contributed by atoms with Crippen LogP contribution in [0.25, 0.3) is 0 Å². The summed E-state index contributed by atoms with van der Waals surface area (Å²) in [7, 11) is 0. The number of carbonyl (C=O) groups is 1. The molecule has 2 aromatic rings. The second-order valence-electron chi connectivity index (χ2n) is 5.74. The van der Waals surface area contributed by atoms with Crippen LogP contribution < -0.4 is 5.32 Å². The maximum absolute atomic E-state index is 12.4. The molecule has 3 heterocycles. The standard InChI is InChI=1S/C16H22N6OS/c23-15(3-6-19-16-17-4-1-5-18-16)22-8-2-7-21(9-10-22)11-14-12-24-13-20-14/h1,4-5,12-13H,2-3,6-11H2,(H,17,18,19). The lowest BCUT2D eigenvalue weighted by Crippen LogP contribution is -2.35. The van der Waals surface area contributed by atoms with Crippen LogP contribution in [-0.4, -0.2) is 63.4 Å². The molecule has 0 atom stereocenters. The highest BCUT2D eigenvalue weighted by Crippen LogP contribution is 2.10. The zero-order valence-corrected chi connectivity index (χ0v) is 14.4. The highest BCUT2D eigenvalue weighted by Gasteiger charge is 2.19. The Morgan fingerprint density at radius 2 is 2.04 bits per heavy atom. The summed E-state index contributed by atoms with van der Waals surface area (Å²) < 4.78 is 0. The van der Waals surface area contributed by atoms with Crippen LogP contribution >= 0.6 is 11.3 Å². The predicted molar refractivity (Wildman–Crippen MR) is 93.7 cm³/mol. The lowest BCUT2D eigenvalue weighted by Gasteiger charge is -2.21. The van der Waals surface area contributed by atoms with Crippen LogP contribution in [0.3, 0.4) is 0 Å². The topological polar surface area (TPSA) is 74.2 Å². The summed E-state index contributed by atoms with van der Waals surface area (Å²) in [5.74, 6) is 0.754. The van der Waals surface area contributed by atoms with Crippen molar-refractivity contribution in [1.82, 2.24) is 24.8 Å². The van der Waals surface area contributed by atoms with Gasteiger partial charge in [0, 0.05) is 63.5 Å². The van der Waals surface area contributed by atoms with E-state index in [1.807, 2.05) is 10.4 Å². The van der Waals surface area contributed by atoms with Crippen LogP contribution in [0.4, 0.5) is 5.95 Å². The highest BCUT2D eigenvalue weighted by molar-refractivity contribution is 7.07. The number of nitrogens with zero attached hydrogens (tertiary/aromatic N) is 5. The maximum Gasteiger partial charge on any atom is 0.224 e. The smallest absolute Gasteiger partial charge is 0.224 e. The van der Waals surface area contributed by atoms with Crippen LogP contribution in [0.2, 0.25) is 0 Å². The summed E-state index contributed by atoms with van der Waals surface area (Å²) in [6.45, 7) is 4.95. The Balaban J connectivity index is 1.41. The fraction of sp³-hybridized carbons (Fsp3) is 0.500. The molecule has 0 radical (unpaired) electrons. The number of nitrogens with one attached hydrogen (secondary N) is 1. The van der Waals surface area contributed by atoms with Gasteiger partial charge in [0.25, 0.3) is 0 Å². The van der Waals surface area contributed by atoms with E-state index in [0.29, 0.717) is 18.9 Å². The van der Waals surface area contributed by atoms with Crippen LogP contribution in [0.5, 0.6) is 0 Å². The lowest BCUT2D eigenvalue weighted by atomic mass is 10.3. The molecule has 1 aliphatic heterocycles. The van der Waals surface area contributed by atoms with Crippen molar-refractivity contribution < 1.29 is 4.79 Å². The van der Waals surface area contributed by atoms with Gasteiger partial charge in [0.05, 0.1) is 11.2 Å². The van der Waals surface area contributed by atoms with E-state index in [4.69, 9.17) is 0 Å². The monoisotopic (exact) mass is 346 g/mol. The van der Waals surface area contributed by atoms with E-state index in [2.05, 4.69) is 30.5 Å². The molecule has 3 rings (SSSR count). The molecule has 0 saturated carbocycles. The molecule has 0 spiro atoms. The number of hydrogen-bond acceptors (Lipinski definition) is 7. The molecule has 1 aliphatic rings. The van der Waals surface area contributed by atoms with Gasteiger partial charge >= 0.3 is 0 Å². The molecule has 1 N–H and O–H groups in total. The van der Waals surface area contributed by atoms with E-state index >= 15 is 0 Å². The average molecular weight is 346 g/mol. The van der Waals surface area contributed by atoms with Crippen molar-refractivity contribution in [3.05, 3.63) is 35.0 Å². The molecule has 8 heteroatoms. The number of amides is 1. The Kier molecular flexibility index (Phi) is 6.08. The third kappa shape index (κ3) is 4.97. The fourth-order valence-electron chi connectivity index (χ4n) is 2.75. The second kappa shape index (κ2) is 8.70. The van der Waals surface area contributed by atoms with Gasteiger partial charge < -0.3 is 10.2 Å². The first kappa shape index (κ1) is 16.8. The van der Waals surface area contributed by atoms with Gasteiger partial charge in [-0.2, -0.15) is 0 Å². The largest absolute Gasteiger partial charge is 0.354 e. The van der Waals surface area contributed by atoms with Crippen molar-refractivity contribution in [3.63, 3.8) is 0 Å². The molecule has 0 bridgehead atoms. The number of anilines is 1. The third-order valence-electron chi connectivity index (χ3n) is 4.00. The van der Waals surface area contributed by atoms with Crippen LogP contribution in [0, 0.1) is 0 Å². The Morgan fingerprint density at radius 1 is 1.17 bits per heavy atom. The van der Waals surface area contributed by atoms with Gasteiger partial charge in [0.15, 0.2) is 0 Å². The number of aromatic nitrogens is 3. The first-order chi connectivity index (χ1) is 11.8. The number of rotatable bonds is 6. The van der Waals surface area contributed by atoms with Crippen molar-refractivity contribution in [1.29, 1.82) is 0 Å². The van der Waals surface area contributed by atoms with Gasteiger partial charge in [0.1, 0.15) is 0 Å². The van der Waals surface area contributed by atoms with E-state index < -0.39 is 0 Å². The fourth-order valence-corrected chi connectivity index (χ4v) is 3.30. The summed E-state index contributed by atoms with van der Waals surface area (Å²) >= 11 is 1.63. The van der Waals surface area contributed by atoms with Crippen LogP contribution in [-0.2, 0) is 11.3 Å². The molecular weight excluding hydrogens is 324 g/mol. The van der Waals surface area contributed by atoms with Gasteiger partial charge in [0.2, 0.25) is 11.9 Å². The number of thiazole rings is 1. The number of hydrogen-bond donors (Lipinski definition) is 1. The van der Waals surface area contributed by atoms with E-state index in [9.17, 15) is 4.79 Å². The first-order valence-electron chi connectivity index (χ1n) is 8.19. The lowest BCUT2D eigenvalue weighted by molar-refractivity contribution is -0.130. The SMILES string of the molecule is O=C(CCNc1ncccn1)N1CCCN(Cc2cscn2)CC1. The summed E-state index contributed by atoms with van der Waals surface area (Å²) in [5.41, 5.74) is 2.98. The van der Waals surface area contributed by atoms with Gasteiger partial charge in [-0.25, -0.2) is 15.0 Å². The van der Waals surface area contributed by atoms with E-state index in [1.54, 1.807) is 29.8 Å². The van der Waals surface area contributed by atoms with Crippen LogP contribution in [0.1, 0.15) is 18.5 Å². The molecule has 1 fully saturated rings. The number of carbonyl (C=O) groups excluding carboxylic acids is 1. The molecule has 1 saturated heterocycles. The predicted octanol–water partition coefficient (Wildman–Crippen LogP) is 1.47. The van der Waals surface area contributed by atoms with Crippen molar-refractivity contribution in [2.45, 2.75) is 19.4 Å². The molecule has 0 aromatic carbocycles. The van der Waals surface area contributed by atoms with Gasteiger partial charge in [-0.3, -0.25) is 9.69 Å². The summed E-state index contributed by atoms with van der Waals surface area (Å²) in [6, 6.07) is 1.77. The van der Waals surface area contributed by atoms with Gasteiger partial charge in [-0.05, 0) is 12.5 Å². The van der Waals surface area contributed by atoms with Crippen LogP contribution in [0.15, 0.2) is 29.4 Å². The Bertz CT molecular complexity index is 621. The third-order valence-corrected chi connectivity index (χ3v) is 4.63. The molecular formula is C16H22N6OS. The first-order valence-corrected chi connectivity index (χ1v) is 9.13. The normalized spacial score (nSPS) is 15.9. The molecule has 0 aliphatic carbocycles.